The van der Waals surface area contributed by atoms with Crippen molar-refractivity contribution in [1.29, 1.82) is 0 Å². The van der Waals surface area contributed by atoms with Gasteiger partial charge in [0.05, 0.1) is 12.2 Å². The molecule has 0 rings (SSSR count). The molecule has 0 aliphatic carbocycles. The molecule has 0 bridgehead atoms. The van der Waals surface area contributed by atoms with Crippen molar-refractivity contribution in [3.8, 4) is 0 Å². The summed E-state index contributed by atoms with van der Waals surface area (Å²) in [5.41, 5.74) is 0. The van der Waals surface area contributed by atoms with Crippen molar-refractivity contribution >= 4 is 0 Å². The lowest BCUT2D eigenvalue weighted by atomic mass is 10.0. The largest absolute Gasteiger partial charge is 0.376 e. The molecule has 1 radical (unpaired) electrons. The highest BCUT2D eigenvalue weighted by atomic mass is 16.5. The van der Waals surface area contributed by atoms with Gasteiger partial charge < -0.3 is 4.74 Å². The molecule has 1 unspecified atom stereocenters. The number of ether oxygens (including phenoxy) is 1. The zero-order valence-electron chi connectivity index (χ0n) is 13.9. The van der Waals surface area contributed by atoms with Crippen LogP contribution in [0.3, 0.4) is 0 Å². The van der Waals surface area contributed by atoms with E-state index in [0.717, 1.165) is 0 Å². The van der Waals surface area contributed by atoms with Gasteiger partial charge in [-0.15, -0.1) is 0 Å². The molecule has 1 atom stereocenters. The molecule has 0 aliphatic rings. The van der Waals surface area contributed by atoms with Gasteiger partial charge in [0.1, 0.15) is 0 Å². The second-order valence-corrected chi connectivity index (χ2v) is 6.13. The van der Waals surface area contributed by atoms with Crippen molar-refractivity contribution in [1.82, 2.24) is 0 Å². The Bertz CT molecular complexity index is 165. The Kier molecular flexibility index (Phi) is 14.3. The highest BCUT2D eigenvalue weighted by Gasteiger charge is 2.03. The third kappa shape index (κ3) is 15.9. The molecule has 0 saturated carbocycles. The first-order valence-corrected chi connectivity index (χ1v) is 8.64. The van der Waals surface area contributed by atoms with Gasteiger partial charge in [0.15, 0.2) is 0 Å². The summed E-state index contributed by atoms with van der Waals surface area (Å²) in [6.07, 6.45) is 18.2. The third-order valence-electron chi connectivity index (χ3n) is 3.54. The summed E-state index contributed by atoms with van der Waals surface area (Å²) in [6.45, 7) is 8.70. The van der Waals surface area contributed by atoms with Gasteiger partial charge in [-0.3, -0.25) is 0 Å². The van der Waals surface area contributed by atoms with Gasteiger partial charge >= 0.3 is 0 Å². The summed E-state index contributed by atoms with van der Waals surface area (Å²) < 4.78 is 5.73. The van der Waals surface area contributed by atoms with Crippen LogP contribution < -0.4 is 0 Å². The minimum absolute atomic E-state index is 0.367. The molecular weight excluding hydrogens is 232 g/mol. The van der Waals surface area contributed by atoms with Gasteiger partial charge in [0.2, 0.25) is 0 Å². The molecule has 1 nitrogen and oxygen atoms in total. The van der Waals surface area contributed by atoms with Gasteiger partial charge in [-0.2, -0.15) is 0 Å². The molecule has 0 fully saturated rings. The monoisotopic (exact) mass is 269 g/mol. The van der Waals surface area contributed by atoms with E-state index in [1.807, 2.05) is 0 Å². The van der Waals surface area contributed by atoms with Gasteiger partial charge in [0.25, 0.3) is 0 Å². The topological polar surface area (TPSA) is 9.23 Å². The molecule has 0 N–H and O–H groups in total. The maximum atomic E-state index is 5.73. The molecule has 0 aromatic heterocycles. The lowest BCUT2D eigenvalue weighted by molar-refractivity contribution is 0.0134. The van der Waals surface area contributed by atoms with Crippen molar-refractivity contribution in [2.75, 3.05) is 0 Å². The number of unbranched alkanes of at least 4 members (excludes halogenated alkanes) is 10. The van der Waals surface area contributed by atoms with Crippen LogP contribution in [0.2, 0.25) is 0 Å². The highest BCUT2D eigenvalue weighted by Crippen LogP contribution is 2.13. The normalized spacial score (nSPS) is 13.1. The fourth-order valence-corrected chi connectivity index (χ4v) is 2.47. The summed E-state index contributed by atoms with van der Waals surface area (Å²) in [4.78, 5) is 0. The van der Waals surface area contributed by atoms with Crippen molar-refractivity contribution < 1.29 is 4.74 Å². The predicted octanol–water partition coefficient (Wildman–Crippen LogP) is 6.32. The fraction of sp³-hybridized carbons (Fsp3) is 0.944. The molecule has 19 heavy (non-hydrogen) atoms. The van der Waals surface area contributed by atoms with Crippen LogP contribution in [0.1, 0.15) is 98.3 Å². The van der Waals surface area contributed by atoms with Crippen LogP contribution in [-0.4, -0.2) is 12.2 Å². The van der Waals surface area contributed by atoms with Crippen LogP contribution >= 0.6 is 0 Å². The first-order valence-electron chi connectivity index (χ1n) is 8.64. The van der Waals surface area contributed by atoms with E-state index in [2.05, 4.69) is 34.1 Å². The van der Waals surface area contributed by atoms with E-state index < -0.39 is 0 Å². The van der Waals surface area contributed by atoms with Gasteiger partial charge in [-0.1, -0.05) is 71.1 Å². The minimum Gasteiger partial charge on any atom is -0.376 e. The highest BCUT2D eigenvalue weighted by molar-refractivity contribution is 4.66. The SMILES string of the molecule is CCCCCCCCC[CH]CCCC(C)OC(C)C. The molecule has 0 amide bonds. The van der Waals surface area contributed by atoms with E-state index in [-0.39, 0.29) is 0 Å². The van der Waals surface area contributed by atoms with Crippen LogP contribution in [-0.2, 0) is 4.74 Å². The Hall–Kier alpha value is -0.0400. The van der Waals surface area contributed by atoms with Gasteiger partial charge in [-0.05, 0) is 33.6 Å². The molecule has 0 aromatic carbocycles. The van der Waals surface area contributed by atoms with Crippen LogP contribution in [0.5, 0.6) is 0 Å². The van der Waals surface area contributed by atoms with Gasteiger partial charge in [-0.25, -0.2) is 0 Å². The molecule has 1 heteroatoms. The number of rotatable bonds is 14. The first kappa shape index (κ1) is 19.0. The van der Waals surface area contributed by atoms with Gasteiger partial charge in [0, 0.05) is 0 Å². The smallest absolute Gasteiger partial charge is 0.0550 e. The molecule has 0 spiro atoms. The standard InChI is InChI=1S/C18H37O/c1-5-6-7-8-9-10-11-12-13-14-15-16-18(4)19-17(2)3/h13,17-18H,5-12,14-16H2,1-4H3. The lowest BCUT2D eigenvalue weighted by Gasteiger charge is -2.15. The summed E-state index contributed by atoms with van der Waals surface area (Å²) in [5.74, 6) is 0. The van der Waals surface area contributed by atoms with Crippen LogP contribution in [0.15, 0.2) is 0 Å². The van der Waals surface area contributed by atoms with E-state index in [9.17, 15) is 0 Å². The Balaban J connectivity index is 3.06. The maximum absolute atomic E-state index is 5.73. The van der Waals surface area contributed by atoms with E-state index in [1.165, 1.54) is 70.6 Å². The Morgan fingerprint density at radius 3 is 2.00 bits per heavy atom. The predicted molar refractivity (Wildman–Crippen MR) is 86.4 cm³/mol. The van der Waals surface area contributed by atoms with Crippen LogP contribution in [0.25, 0.3) is 0 Å². The van der Waals surface area contributed by atoms with E-state index >= 15 is 0 Å². The maximum Gasteiger partial charge on any atom is 0.0550 e. The average molecular weight is 269 g/mol. The fourth-order valence-electron chi connectivity index (χ4n) is 2.47. The summed E-state index contributed by atoms with van der Waals surface area (Å²) in [6, 6.07) is 0. The quantitative estimate of drug-likeness (QED) is 0.335. The molecule has 0 aromatic rings. The Morgan fingerprint density at radius 2 is 1.37 bits per heavy atom. The average Bonchev–Trinajstić information content (AvgIpc) is 2.35. The molecule has 115 valence electrons. The summed E-state index contributed by atoms with van der Waals surface area (Å²) in [7, 11) is 0. The molecule has 0 aliphatic heterocycles. The second kappa shape index (κ2) is 14.4. The van der Waals surface area contributed by atoms with Crippen molar-refractivity contribution in [3.63, 3.8) is 0 Å². The zero-order chi connectivity index (χ0) is 14.3. The van der Waals surface area contributed by atoms with Crippen LogP contribution in [0, 0.1) is 6.42 Å². The molecule has 0 heterocycles. The Morgan fingerprint density at radius 1 is 0.789 bits per heavy atom. The number of hydrogen-bond donors (Lipinski definition) is 0. The number of hydrogen-bond acceptors (Lipinski definition) is 1. The second-order valence-electron chi connectivity index (χ2n) is 6.13. The van der Waals surface area contributed by atoms with Crippen molar-refractivity contribution in [2.45, 2.75) is 111 Å². The molecular formula is C18H37O. The summed E-state index contributed by atoms with van der Waals surface area (Å²) >= 11 is 0. The minimum atomic E-state index is 0.367. The molecule has 0 saturated heterocycles. The van der Waals surface area contributed by atoms with E-state index in [4.69, 9.17) is 4.74 Å². The lowest BCUT2D eigenvalue weighted by Crippen LogP contribution is -2.13. The van der Waals surface area contributed by atoms with E-state index in [0.29, 0.717) is 12.2 Å². The van der Waals surface area contributed by atoms with Crippen molar-refractivity contribution in [3.05, 3.63) is 6.42 Å². The Labute approximate surface area is 122 Å². The zero-order valence-corrected chi connectivity index (χ0v) is 13.9. The first-order chi connectivity index (χ1) is 9.16. The van der Waals surface area contributed by atoms with Crippen LogP contribution in [0.4, 0.5) is 0 Å². The van der Waals surface area contributed by atoms with E-state index in [1.54, 1.807) is 0 Å². The van der Waals surface area contributed by atoms with Crippen molar-refractivity contribution in [2.24, 2.45) is 0 Å². The summed E-state index contributed by atoms with van der Waals surface area (Å²) in [5, 5.41) is 0. The third-order valence-corrected chi connectivity index (χ3v) is 3.54.